The van der Waals surface area contributed by atoms with Crippen LogP contribution >= 0.6 is 34.8 Å². The number of halogens is 3. The zero-order chi connectivity index (χ0) is 11.9. The van der Waals surface area contributed by atoms with Crippen LogP contribution in [0.25, 0.3) is 11.0 Å². The average Bonchev–Trinajstić information content (AvgIpc) is 2.19. The first kappa shape index (κ1) is 11.3. The van der Waals surface area contributed by atoms with E-state index in [2.05, 4.69) is 9.97 Å². The Hall–Kier alpha value is -1.17. The molecule has 0 N–H and O–H groups in total. The maximum Gasteiger partial charge on any atom is 0.290 e. The van der Waals surface area contributed by atoms with Crippen molar-refractivity contribution in [2.75, 3.05) is 0 Å². The minimum atomic E-state index is -0.605. The minimum absolute atomic E-state index is 0.00853. The number of hydrogen-bond acceptors (Lipinski definition) is 4. The Morgan fingerprint density at radius 1 is 1.06 bits per heavy atom. The Kier molecular flexibility index (Phi) is 2.84. The van der Waals surface area contributed by atoms with Gasteiger partial charge in [-0.3, -0.25) is 10.1 Å². The van der Waals surface area contributed by atoms with Crippen molar-refractivity contribution < 1.29 is 4.92 Å². The van der Waals surface area contributed by atoms with Crippen molar-refractivity contribution >= 4 is 51.5 Å². The van der Waals surface area contributed by atoms with Gasteiger partial charge in [-0.25, -0.2) is 9.97 Å². The zero-order valence-electron chi connectivity index (χ0n) is 7.45. The topological polar surface area (TPSA) is 68.9 Å². The lowest BCUT2D eigenvalue weighted by Crippen LogP contribution is -1.92. The molecule has 5 nitrogen and oxygen atoms in total. The van der Waals surface area contributed by atoms with Gasteiger partial charge in [-0.2, -0.15) is 0 Å². The number of nitro benzene ring substituents is 1. The van der Waals surface area contributed by atoms with Gasteiger partial charge in [0.15, 0.2) is 10.3 Å². The van der Waals surface area contributed by atoms with E-state index in [4.69, 9.17) is 34.8 Å². The molecule has 0 amide bonds. The van der Waals surface area contributed by atoms with E-state index in [1.165, 1.54) is 12.1 Å². The first-order valence-corrected chi connectivity index (χ1v) is 5.09. The summed E-state index contributed by atoms with van der Waals surface area (Å²) in [7, 11) is 0. The van der Waals surface area contributed by atoms with E-state index < -0.39 is 4.92 Å². The summed E-state index contributed by atoms with van der Waals surface area (Å²) in [5, 5.41) is 10.6. The Morgan fingerprint density at radius 2 is 1.56 bits per heavy atom. The third kappa shape index (κ3) is 1.89. The first-order chi connectivity index (χ1) is 7.49. The highest BCUT2D eigenvalue weighted by Gasteiger charge is 2.15. The smallest absolute Gasteiger partial charge is 0.258 e. The summed E-state index contributed by atoms with van der Waals surface area (Å²) in [4.78, 5) is 17.8. The summed E-state index contributed by atoms with van der Waals surface area (Å²) in [6.45, 7) is 0. The molecule has 0 bridgehead atoms. The van der Waals surface area contributed by atoms with Gasteiger partial charge in [-0.15, -0.1) is 0 Å². The van der Waals surface area contributed by atoms with Crippen LogP contribution in [0.3, 0.4) is 0 Å². The van der Waals surface area contributed by atoms with Gasteiger partial charge >= 0.3 is 0 Å². The number of benzene rings is 1. The Bertz CT molecular complexity index is 603. The number of nitrogens with zero attached hydrogens (tertiary/aromatic N) is 3. The van der Waals surface area contributed by atoms with E-state index in [0.717, 1.165) is 0 Å². The summed E-state index contributed by atoms with van der Waals surface area (Å²) >= 11 is 17.0. The third-order valence-electron chi connectivity index (χ3n) is 1.85. The van der Waals surface area contributed by atoms with Gasteiger partial charge in [-0.05, 0) is 6.07 Å². The van der Waals surface area contributed by atoms with E-state index in [-0.39, 0.29) is 26.5 Å². The number of nitro groups is 1. The van der Waals surface area contributed by atoms with Crippen molar-refractivity contribution in [1.82, 2.24) is 9.97 Å². The lowest BCUT2D eigenvalue weighted by molar-refractivity contribution is -0.384. The monoisotopic (exact) mass is 277 g/mol. The normalized spacial score (nSPS) is 10.7. The molecule has 1 aromatic carbocycles. The van der Waals surface area contributed by atoms with Crippen LogP contribution in [0, 0.1) is 10.1 Å². The summed E-state index contributed by atoms with van der Waals surface area (Å²) < 4.78 is 0. The van der Waals surface area contributed by atoms with Crippen LogP contribution in [0.1, 0.15) is 0 Å². The van der Waals surface area contributed by atoms with Crippen LogP contribution in [0.15, 0.2) is 12.1 Å². The number of hydrogen-bond donors (Lipinski definition) is 0. The van der Waals surface area contributed by atoms with Crippen molar-refractivity contribution in [2.24, 2.45) is 0 Å². The molecule has 16 heavy (non-hydrogen) atoms. The molecule has 0 radical (unpaired) electrons. The molecule has 82 valence electrons. The van der Waals surface area contributed by atoms with Gasteiger partial charge in [0, 0.05) is 6.07 Å². The van der Waals surface area contributed by atoms with Crippen LogP contribution in [0.4, 0.5) is 5.69 Å². The molecule has 1 aromatic heterocycles. The van der Waals surface area contributed by atoms with Crippen LogP contribution in [-0.4, -0.2) is 14.9 Å². The molecule has 2 rings (SSSR count). The van der Waals surface area contributed by atoms with Crippen LogP contribution < -0.4 is 0 Å². The maximum absolute atomic E-state index is 10.6. The summed E-state index contributed by atoms with van der Waals surface area (Å²) in [5.74, 6) is 0. The van der Waals surface area contributed by atoms with Crippen LogP contribution in [0.2, 0.25) is 15.3 Å². The molecule has 0 fully saturated rings. The van der Waals surface area contributed by atoms with E-state index in [9.17, 15) is 10.1 Å². The summed E-state index contributed by atoms with van der Waals surface area (Å²) in [6, 6.07) is 2.52. The second-order valence-corrected chi connectivity index (χ2v) is 3.98. The lowest BCUT2D eigenvalue weighted by atomic mass is 10.2. The van der Waals surface area contributed by atoms with Gasteiger partial charge in [0.25, 0.3) is 5.69 Å². The van der Waals surface area contributed by atoms with Gasteiger partial charge < -0.3 is 0 Å². The van der Waals surface area contributed by atoms with Gasteiger partial charge in [0.1, 0.15) is 5.02 Å². The van der Waals surface area contributed by atoms with Crippen LogP contribution in [0.5, 0.6) is 0 Å². The first-order valence-electron chi connectivity index (χ1n) is 3.95. The van der Waals surface area contributed by atoms with Crippen molar-refractivity contribution in [3.05, 3.63) is 37.6 Å². The summed E-state index contributed by atoms with van der Waals surface area (Å²) in [5.41, 5.74) is 0.373. The molecule has 1 heterocycles. The number of rotatable bonds is 1. The minimum Gasteiger partial charge on any atom is -0.258 e. The molecule has 8 heteroatoms. The Balaban J connectivity index is 2.79. The van der Waals surface area contributed by atoms with E-state index in [0.29, 0.717) is 5.52 Å². The molecule has 0 aliphatic carbocycles. The maximum atomic E-state index is 10.6. The third-order valence-corrected chi connectivity index (χ3v) is 2.77. The Labute approximate surface area is 104 Å². The predicted octanol–water partition coefficient (Wildman–Crippen LogP) is 3.50. The van der Waals surface area contributed by atoms with Gasteiger partial charge in [-0.1, -0.05) is 34.8 Å². The largest absolute Gasteiger partial charge is 0.290 e. The second kappa shape index (κ2) is 4.01. The van der Waals surface area contributed by atoms with E-state index >= 15 is 0 Å². The van der Waals surface area contributed by atoms with Crippen molar-refractivity contribution in [2.45, 2.75) is 0 Å². The van der Waals surface area contributed by atoms with Crippen LogP contribution in [-0.2, 0) is 0 Å². The van der Waals surface area contributed by atoms with E-state index in [1.54, 1.807) is 0 Å². The fourth-order valence-electron chi connectivity index (χ4n) is 1.16. The highest BCUT2D eigenvalue weighted by Crippen LogP contribution is 2.30. The molecule has 0 saturated carbocycles. The SMILES string of the molecule is O=[N+]([O-])c1cc2nc(Cl)c(Cl)nc2cc1Cl. The fourth-order valence-corrected chi connectivity index (χ4v) is 1.66. The average molecular weight is 278 g/mol. The lowest BCUT2D eigenvalue weighted by Gasteiger charge is -2.00. The van der Waals surface area contributed by atoms with Gasteiger partial charge in [0.2, 0.25) is 0 Å². The second-order valence-electron chi connectivity index (χ2n) is 2.85. The van der Waals surface area contributed by atoms with Crippen molar-refractivity contribution in [3.8, 4) is 0 Å². The molecule has 0 spiro atoms. The molecule has 0 atom stereocenters. The predicted molar refractivity (Wildman–Crippen MR) is 61.2 cm³/mol. The van der Waals surface area contributed by atoms with Crippen molar-refractivity contribution in [1.29, 1.82) is 0 Å². The molecule has 0 aliphatic rings. The fraction of sp³-hybridized carbons (Fsp3) is 0. The quantitative estimate of drug-likeness (QED) is 0.591. The molecule has 0 saturated heterocycles. The number of fused-ring (bicyclic) bond motifs is 1. The van der Waals surface area contributed by atoms with Gasteiger partial charge in [0.05, 0.1) is 16.0 Å². The Morgan fingerprint density at radius 3 is 2.06 bits per heavy atom. The van der Waals surface area contributed by atoms with Crippen molar-refractivity contribution in [3.63, 3.8) is 0 Å². The molecular weight excluding hydrogens is 276 g/mol. The van der Waals surface area contributed by atoms with E-state index in [1.807, 2.05) is 0 Å². The zero-order valence-corrected chi connectivity index (χ0v) is 9.71. The molecule has 0 unspecified atom stereocenters. The highest BCUT2D eigenvalue weighted by molar-refractivity contribution is 6.40. The molecule has 0 aliphatic heterocycles. The molecular formula is C8H2Cl3N3O2. The standard InChI is InChI=1S/C8H2Cl3N3O2/c9-3-1-4-5(2-6(3)14(15)16)13-8(11)7(10)12-4/h1-2H. The summed E-state index contributed by atoms with van der Waals surface area (Å²) in [6.07, 6.45) is 0. The number of aromatic nitrogens is 2. The highest BCUT2D eigenvalue weighted by atomic mass is 35.5. The molecule has 2 aromatic rings.